The van der Waals surface area contributed by atoms with Crippen molar-refractivity contribution in [3.05, 3.63) is 35.4 Å². The third-order valence-corrected chi connectivity index (χ3v) is 4.40. The molecule has 3 rings (SSSR count). The summed E-state index contributed by atoms with van der Waals surface area (Å²) in [5, 5.41) is 0. The van der Waals surface area contributed by atoms with E-state index in [4.69, 9.17) is 28.4 Å². The lowest BCUT2D eigenvalue weighted by atomic mass is 10.1. The van der Waals surface area contributed by atoms with E-state index < -0.39 is 11.9 Å². The van der Waals surface area contributed by atoms with Crippen LogP contribution < -0.4 is 0 Å². The Kier molecular flexibility index (Phi) is 8.23. The lowest BCUT2D eigenvalue weighted by molar-refractivity contribution is -0.0755. The highest BCUT2D eigenvalue weighted by Crippen LogP contribution is 2.11. The second-order valence-electron chi connectivity index (χ2n) is 6.81. The van der Waals surface area contributed by atoms with E-state index in [-0.39, 0.29) is 13.2 Å². The Labute approximate surface area is 164 Å². The molecule has 2 fully saturated rings. The molecule has 0 atom stereocenters. The highest BCUT2D eigenvalue weighted by molar-refractivity contribution is 5.93. The highest BCUT2D eigenvalue weighted by atomic mass is 16.6. The van der Waals surface area contributed by atoms with Gasteiger partial charge in [0.1, 0.15) is 13.2 Å². The normalized spacial score (nSPS) is 16.9. The van der Waals surface area contributed by atoms with Gasteiger partial charge in [-0.15, -0.1) is 0 Å². The number of carbonyl (C=O) groups is 2. The number of benzene rings is 1. The fourth-order valence-electron chi connectivity index (χ4n) is 2.56. The second kappa shape index (κ2) is 11.1. The molecular weight excluding hydrogens is 368 g/mol. The molecule has 1 aromatic rings. The average Bonchev–Trinajstić information content (AvgIpc) is 2.64. The van der Waals surface area contributed by atoms with Crippen LogP contribution in [-0.2, 0) is 28.4 Å². The van der Waals surface area contributed by atoms with Crippen LogP contribution >= 0.6 is 0 Å². The van der Waals surface area contributed by atoms with Gasteiger partial charge in [0.15, 0.2) is 0 Å². The minimum absolute atomic E-state index is 0.184. The first-order valence-electron chi connectivity index (χ1n) is 9.47. The van der Waals surface area contributed by atoms with E-state index in [1.807, 2.05) is 0 Å². The van der Waals surface area contributed by atoms with Gasteiger partial charge in [0, 0.05) is 11.8 Å². The van der Waals surface area contributed by atoms with Crippen LogP contribution in [0.2, 0.25) is 0 Å². The molecule has 0 bridgehead atoms. The van der Waals surface area contributed by atoms with Crippen LogP contribution in [0.4, 0.5) is 0 Å². The number of esters is 2. The third kappa shape index (κ3) is 6.56. The minimum Gasteiger partial charge on any atom is -0.460 e. The zero-order chi connectivity index (χ0) is 19.6. The SMILES string of the molecule is O=C(OCCOCC1COC1)c1ccc(C(=O)OCCOCC2COC2)cc1. The first-order valence-corrected chi connectivity index (χ1v) is 9.47. The van der Waals surface area contributed by atoms with E-state index in [1.54, 1.807) is 24.3 Å². The topological polar surface area (TPSA) is 89.5 Å². The van der Waals surface area contributed by atoms with Crippen LogP contribution in [0, 0.1) is 11.8 Å². The van der Waals surface area contributed by atoms with Crippen molar-refractivity contribution < 1.29 is 38.0 Å². The Hall–Kier alpha value is -2.00. The largest absolute Gasteiger partial charge is 0.460 e. The Morgan fingerprint density at radius 2 is 1.11 bits per heavy atom. The molecule has 0 aliphatic carbocycles. The van der Waals surface area contributed by atoms with E-state index in [0.29, 0.717) is 49.4 Å². The van der Waals surface area contributed by atoms with Crippen molar-refractivity contribution in [1.82, 2.24) is 0 Å². The first kappa shape index (κ1) is 20.7. The number of carbonyl (C=O) groups excluding carboxylic acids is 2. The maximum Gasteiger partial charge on any atom is 0.338 e. The monoisotopic (exact) mass is 394 g/mol. The maximum atomic E-state index is 12.0. The number of ether oxygens (including phenoxy) is 6. The summed E-state index contributed by atoms with van der Waals surface area (Å²) in [4.78, 5) is 24.0. The summed E-state index contributed by atoms with van der Waals surface area (Å²) in [5.74, 6) is -0.00781. The molecule has 2 aliphatic heterocycles. The van der Waals surface area contributed by atoms with Crippen molar-refractivity contribution >= 4 is 11.9 Å². The van der Waals surface area contributed by atoms with Crippen molar-refractivity contribution in [2.75, 3.05) is 66.1 Å². The molecule has 1 aromatic carbocycles. The van der Waals surface area contributed by atoms with Crippen LogP contribution in [-0.4, -0.2) is 78.0 Å². The van der Waals surface area contributed by atoms with Crippen molar-refractivity contribution in [1.29, 1.82) is 0 Å². The zero-order valence-electron chi connectivity index (χ0n) is 15.8. The van der Waals surface area contributed by atoms with Crippen LogP contribution in [0.25, 0.3) is 0 Å². The predicted octanol–water partition coefficient (Wildman–Crippen LogP) is 1.33. The third-order valence-electron chi connectivity index (χ3n) is 4.40. The van der Waals surface area contributed by atoms with Gasteiger partial charge < -0.3 is 28.4 Å². The average molecular weight is 394 g/mol. The summed E-state index contributed by atoms with van der Waals surface area (Å²) in [6.45, 7) is 5.24. The predicted molar refractivity (Wildman–Crippen MR) is 97.3 cm³/mol. The van der Waals surface area contributed by atoms with Crippen molar-refractivity contribution in [3.8, 4) is 0 Å². The molecule has 0 amide bonds. The molecule has 8 heteroatoms. The molecular formula is C20H26O8. The van der Waals surface area contributed by atoms with Gasteiger partial charge in [-0.05, 0) is 24.3 Å². The van der Waals surface area contributed by atoms with Gasteiger partial charge in [-0.2, -0.15) is 0 Å². The van der Waals surface area contributed by atoms with Gasteiger partial charge in [0.25, 0.3) is 0 Å². The summed E-state index contributed by atoms with van der Waals surface area (Å²) >= 11 is 0. The molecule has 28 heavy (non-hydrogen) atoms. The summed E-state index contributed by atoms with van der Waals surface area (Å²) in [7, 11) is 0. The summed E-state index contributed by atoms with van der Waals surface area (Å²) in [6, 6.07) is 6.16. The fraction of sp³-hybridized carbons (Fsp3) is 0.600. The van der Waals surface area contributed by atoms with E-state index >= 15 is 0 Å². The molecule has 0 N–H and O–H groups in total. The van der Waals surface area contributed by atoms with Gasteiger partial charge in [-0.3, -0.25) is 0 Å². The van der Waals surface area contributed by atoms with E-state index in [2.05, 4.69) is 0 Å². The van der Waals surface area contributed by atoms with Gasteiger partial charge in [-0.25, -0.2) is 9.59 Å². The van der Waals surface area contributed by atoms with E-state index in [1.165, 1.54) is 0 Å². The zero-order valence-corrected chi connectivity index (χ0v) is 15.8. The lowest BCUT2D eigenvalue weighted by Gasteiger charge is -2.25. The van der Waals surface area contributed by atoms with Gasteiger partial charge in [-0.1, -0.05) is 0 Å². The number of hydrogen-bond acceptors (Lipinski definition) is 8. The van der Waals surface area contributed by atoms with Gasteiger partial charge >= 0.3 is 11.9 Å². The molecule has 0 spiro atoms. The minimum atomic E-state index is -0.455. The van der Waals surface area contributed by atoms with Gasteiger partial charge in [0.2, 0.25) is 0 Å². The van der Waals surface area contributed by atoms with Crippen molar-refractivity contribution in [3.63, 3.8) is 0 Å². The maximum absolute atomic E-state index is 12.0. The number of hydrogen-bond donors (Lipinski definition) is 0. The molecule has 0 unspecified atom stereocenters. The van der Waals surface area contributed by atoms with Crippen molar-refractivity contribution in [2.24, 2.45) is 11.8 Å². The molecule has 2 heterocycles. The van der Waals surface area contributed by atoms with E-state index in [0.717, 1.165) is 26.4 Å². The van der Waals surface area contributed by atoms with Crippen LogP contribution in [0.5, 0.6) is 0 Å². The molecule has 0 radical (unpaired) electrons. The Bertz CT molecular complexity index is 567. The number of rotatable bonds is 12. The Morgan fingerprint density at radius 3 is 1.43 bits per heavy atom. The fourth-order valence-corrected chi connectivity index (χ4v) is 2.56. The van der Waals surface area contributed by atoms with Crippen molar-refractivity contribution in [2.45, 2.75) is 0 Å². The smallest absolute Gasteiger partial charge is 0.338 e. The Balaban J connectivity index is 1.27. The van der Waals surface area contributed by atoms with Crippen LogP contribution in [0.15, 0.2) is 24.3 Å². The summed E-state index contributed by atoms with van der Waals surface area (Å²) in [5.41, 5.74) is 0.741. The first-order chi connectivity index (χ1) is 13.7. The highest BCUT2D eigenvalue weighted by Gasteiger charge is 2.19. The molecule has 154 valence electrons. The molecule has 8 nitrogen and oxygen atoms in total. The molecule has 0 saturated carbocycles. The van der Waals surface area contributed by atoms with Crippen LogP contribution in [0.3, 0.4) is 0 Å². The second-order valence-corrected chi connectivity index (χ2v) is 6.81. The summed E-state index contributed by atoms with van der Waals surface area (Å²) in [6.07, 6.45) is 0. The quantitative estimate of drug-likeness (QED) is 0.387. The summed E-state index contributed by atoms with van der Waals surface area (Å²) < 4.78 is 31.2. The molecule has 0 aromatic heterocycles. The van der Waals surface area contributed by atoms with Crippen LogP contribution in [0.1, 0.15) is 20.7 Å². The molecule has 2 saturated heterocycles. The molecule has 2 aliphatic rings. The lowest BCUT2D eigenvalue weighted by Crippen LogP contribution is -2.32. The van der Waals surface area contributed by atoms with Gasteiger partial charge in [0.05, 0.1) is 64.0 Å². The standard InChI is InChI=1S/C20H26O8/c21-19(27-7-5-23-9-15-11-25-12-15)17-1-2-18(4-3-17)20(22)28-8-6-24-10-16-13-26-14-16/h1-4,15-16H,5-14H2. The Morgan fingerprint density at radius 1 is 0.714 bits per heavy atom. The van der Waals surface area contributed by atoms with E-state index in [9.17, 15) is 9.59 Å².